The first-order chi connectivity index (χ1) is 11.3. The molecule has 2 aromatic rings. The third-order valence-electron chi connectivity index (χ3n) is 3.95. The first-order valence-electron chi connectivity index (χ1n) is 7.29. The molecule has 0 bridgehead atoms. The molecular formula is C14H14F3N5O2. The van der Waals surface area contributed by atoms with Gasteiger partial charge in [-0.25, -0.2) is 0 Å². The fourth-order valence-electron chi connectivity index (χ4n) is 2.61. The van der Waals surface area contributed by atoms with Gasteiger partial charge in [-0.3, -0.25) is 9.59 Å². The number of halogens is 3. The lowest BCUT2D eigenvalue weighted by molar-refractivity contribution is -0.179. The number of fused-ring (bicyclic) bond motifs is 1. The Morgan fingerprint density at radius 3 is 2.83 bits per heavy atom. The third-order valence-corrected chi connectivity index (χ3v) is 3.95. The van der Waals surface area contributed by atoms with Crippen molar-refractivity contribution in [3.8, 4) is 0 Å². The summed E-state index contributed by atoms with van der Waals surface area (Å²) in [5.41, 5.74) is -0.0533. The second-order valence-corrected chi connectivity index (χ2v) is 5.54. The van der Waals surface area contributed by atoms with E-state index in [9.17, 15) is 22.8 Å². The molecule has 0 aliphatic carbocycles. The number of hydrogen-bond acceptors (Lipinski definition) is 4. The molecule has 7 nitrogen and oxygen atoms in total. The van der Waals surface area contributed by atoms with Gasteiger partial charge in [0.2, 0.25) is 5.56 Å². The highest BCUT2D eigenvalue weighted by Crippen LogP contribution is 2.34. The molecule has 1 aliphatic rings. The third kappa shape index (κ3) is 3.31. The van der Waals surface area contributed by atoms with Gasteiger partial charge in [0.15, 0.2) is 5.82 Å². The van der Waals surface area contributed by atoms with Crippen molar-refractivity contribution < 1.29 is 18.0 Å². The Morgan fingerprint density at radius 2 is 2.17 bits per heavy atom. The summed E-state index contributed by atoms with van der Waals surface area (Å²) in [6.45, 7) is 0.206. The van der Waals surface area contributed by atoms with Gasteiger partial charge in [-0.1, -0.05) is 0 Å². The lowest BCUT2D eigenvalue weighted by Gasteiger charge is -2.25. The van der Waals surface area contributed by atoms with E-state index in [1.165, 1.54) is 18.3 Å². The van der Waals surface area contributed by atoms with Crippen LogP contribution in [-0.4, -0.2) is 31.8 Å². The lowest BCUT2D eigenvalue weighted by Crippen LogP contribution is -2.32. The van der Waals surface area contributed by atoms with Crippen molar-refractivity contribution in [2.45, 2.75) is 32.1 Å². The SMILES string of the molecule is O=C(NCc1nnc2n1CC[C@H](C(F)(F)F)C2)c1ccc(=O)[nH]c1. The van der Waals surface area contributed by atoms with Gasteiger partial charge in [-0.2, -0.15) is 13.2 Å². The molecule has 3 heterocycles. The topological polar surface area (TPSA) is 92.7 Å². The molecule has 1 atom stereocenters. The molecule has 0 saturated heterocycles. The highest BCUT2D eigenvalue weighted by atomic mass is 19.4. The van der Waals surface area contributed by atoms with Crippen LogP contribution in [-0.2, 0) is 19.5 Å². The summed E-state index contributed by atoms with van der Waals surface area (Å²) in [7, 11) is 0. The van der Waals surface area contributed by atoms with Crippen molar-refractivity contribution in [1.82, 2.24) is 25.1 Å². The van der Waals surface area contributed by atoms with Crippen LogP contribution in [0.4, 0.5) is 13.2 Å². The summed E-state index contributed by atoms with van der Waals surface area (Å²) in [4.78, 5) is 25.3. The number of aromatic nitrogens is 4. The average Bonchev–Trinajstić information content (AvgIpc) is 2.95. The van der Waals surface area contributed by atoms with Crippen LogP contribution in [0, 0.1) is 5.92 Å². The van der Waals surface area contributed by atoms with Gasteiger partial charge in [-0.15, -0.1) is 10.2 Å². The number of nitrogens with zero attached hydrogens (tertiary/aromatic N) is 3. The maximum atomic E-state index is 12.8. The molecule has 2 N–H and O–H groups in total. The normalized spacial score (nSPS) is 17.4. The van der Waals surface area contributed by atoms with E-state index in [4.69, 9.17) is 0 Å². The number of carbonyl (C=O) groups is 1. The first kappa shape index (κ1) is 16.2. The smallest absolute Gasteiger partial charge is 0.345 e. The van der Waals surface area contributed by atoms with E-state index in [0.29, 0.717) is 5.82 Å². The molecule has 0 spiro atoms. The molecule has 1 amide bonds. The van der Waals surface area contributed by atoms with E-state index in [2.05, 4.69) is 20.5 Å². The molecule has 0 aromatic carbocycles. The van der Waals surface area contributed by atoms with E-state index in [1.807, 2.05) is 0 Å². The van der Waals surface area contributed by atoms with Crippen molar-refractivity contribution >= 4 is 5.91 Å². The zero-order chi connectivity index (χ0) is 17.3. The zero-order valence-corrected chi connectivity index (χ0v) is 12.4. The zero-order valence-electron chi connectivity index (χ0n) is 12.4. The van der Waals surface area contributed by atoms with Crippen molar-refractivity contribution in [2.75, 3.05) is 0 Å². The van der Waals surface area contributed by atoms with Crippen LogP contribution < -0.4 is 10.9 Å². The molecule has 10 heteroatoms. The Kier molecular flexibility index (Phi) is 4.12. The number of alkyl halides is 3. The summed E-state index contributed by atoms with van der Waals surface area (Å²) in [5.74, 6) is -1.15. The van der Waals surface area contributed by atoms with Crippen LogP contribution in [0.2, 0.25) is 0 Å². The van der Waals surface area contributed by atoms with Crippen molar-refractivity contribution in [3.05, 3.63) is 45.9 Å². The van der Waals surface area contributed by atoms with Gasteiger partial charge in [-0.05, 0) is 12.5 Å². The van der Waals surface area contributed by atoms with E-state index in [0.717, 1.165) is 0 Å². The quantitative estimate of drug-likeness (QED) is 0.872. The van der Waals surface area contributed by atoms with Crippen LogP contribution in [0.5, 0.6) is 0 Å². The predicted octanol–water partition coefficient (Wildman–Crippen LogP) is 1.02. The highest BCUT2D eigenvalue weighted by Gasteiger charge is 2.42. The number of amides is 1. The summed E-state index contributed by atoms with van der Waals surface area (Å²) in [6.07, 6.45) is -3.19. The van der Waals surface area contributed by atoms with Crippen molar-refractivity contribution in [2.24, 2.45) is 5.92 Å². The predicted molar refractivity (Wildman–Crippen MR) is 76.1 cm³/mol. The Balaban J connectivity index is 1.66. The minimum atomic E-state index is -4.24. The minimum absolute atomic E-state index is 0.0323. The maximum absolute atomic E-state index is 12.8. The molecule has 0 fully saturated rings. The Hall–Kier alpha value is -2.65. The van der Waals surface area contributed by atoms with Gasteiger partial charge in [0, 0.05) is 25.2 Å². The van der Waals surface area contributed by atoms with Gasteiger partial charge in [0.05, 0.1) is 18.0 Å². The van der Waals surface area contributed by atoms with E-state index in [-0.39, 0.29) is 42.9 Å². The minimum Gasteiger partial charge on any atom is -0.345 e. The number of carbonyl (C=O) groups excluding carboxylic acids is 1. The van der Waals surface area contributed by atoms with Crippen LogP contribution in [0.1, 0.15) is 28.4 Å². The Bertz CT molecular complexity index is 791. The molecule has 0 saturated carbocycles. The van der Waals surface area contributed by atoms with Gasteiger partial charge in [0.1, 0.15) is 5.82 Å². The van der Waals surface area contributed by atoms with E-state index < -0.39 is 18.0 Å². The summed E-state index contributed by atoms with van der Waals surface area (Å²) < 4.78 is 39.9. The van der Waals surface area contributed by atoms with Gasteiger partial charge in [0.25, 0.3) is 5.91 Å². The van der Waals surface area contributed by atoms with Crippen molar-refractivity contribution in [1.29, 1.82) is 0 Å². The number of aromatic amines is 1. The second kappa shape index (κ2) is 6.10. The summed E-state index contributed by atoms with van der Waals surface area (Å²) in [5, 5.41) is 10.3. The van der Waals surface area contributed by atoms with E-state index in [1.54, 1.807) is 4.57 Å². The average molecular weight is 341 g/mol. The highest BCUT2D eigenvalue weighted by molar-refractivity contribution is 5.93. The Labute approximate surface area is 133 Å². The molecule has 2 aromatic heterocycles. The summed E-state index contributed by atoms with van der Waals surface area (Å²) >= 11 is 0. The van der Waals surface area contributed by atoms with Crippen molar-refractivity contribution in [3.63, 3.8) is 0 Å². The maximum Gasteiger partial charge on any atom is 0.392 e. The molecular weight excluding hydrogens is 327 g/mol. The fraction of sp³-hybridized carbons (Fsp3) is 0.429. The van der Waals surface area contributed by atoms with Crippen LogP contribution in [0.3, 0.4) is 0 Å². The summed E-state index contributed by atoms with van der Waals surface area (Å²) in [6, 6.07) is 2.60. The number of H-pyrrole nitrogens is 1. The Morgan fingerprint density at radius 1 is 1.38 bits per heavy atom. The van der Waals surface area contributed by atoms with Crippen LogP contribution >= 0.6 is 0 Å². The lowest BCUT2D eigenvalue weighted by atomic mass is 9.97. The fourth-order valence-corrected chi connectivity index (χ4v) is 2.61. The number of pyridine rings is 1. The van der Waals surface area contributed by atoms with E-state index >= 15 is 0 Å². The monoisotopic (exact) mass is 341 g/mol. The number of hydrogen-bond donors (Lipinski definition) is 2. The molecule has 0 radical (unpaired) electrons. The van der Waals surface area contributed by atoms with Gasteiger partial charge >= 0.3 is 6.18 Å². The van der Waals surface area contributed by atoms with Gasteiger partial charge < -0.3 is 14.9 Å². The molecule has 128 valence electrons. The second-order valence-electron chi connectivity index (χ2n) is 5.54. The standard InChI is InChI=1S/C14H14F3N5O2/c15-14(16,17)9-3-4-22-10(5-9)20-21-11(22)7-19-13(24)8-1-2-12(23)18-6-8/h1-2,6,9H,3-5,7H2,(H,18,23)(H,19,24)/t9-/m0/s1. The molecule has 0 unspecified atom stereocenters. The number of rotatable bonds is 3. The molecule has 24 heavy (non-hydrogen) atoms. The number of nitrogens with one attached hydrogen (secondary N) is 2. The molecule has 3 rings (SSSR count). The van der Waals surface area contributed by atoms with Crippen LogP contribution in [0.15, 0.2) is 23.1 Å². The largest absolute Gasteiger partial charge is 0.392 e. The molecule has 1 aliphatic heterocycles. The first-order valence-corrected chi connectivity index (χ1v) is 7.29. The van der Waals surface area contributed by atoms with Crippen LogP contribution in [0.25, 0.3) is 0 Å².